The van der Waals surface area contributed by atoms with Crippen LogP contribution in [0.5, 0.6) is 0 Å². The second-order valence-corrected chi connectivity index (χ2v) is 6.18. The minimum absolute atomic E-state index is 0. The molecular formula is C16H23Cl2N5O2S. The lowest BCUT2D eigenvalue weighted by Gasteiger charge is -2.17. The van der Waals surface area contributed by atoms with Crippen molar-refractivity contribution in [1.82, 2.24) is 20.2 Å². The van der Waals surface area contributed by atoms with Gasteiger partial charge in [0.15, 0.2) is 0 Å². The summed E-state index contributed by atoms with van der Waals surface area (Å²) in [5.74, 6) is -0.502. The van der Waals surface area contributed by atoms with Gasteiger partial charge in [-0.3, -0.25) is 14.6 Å². The Hall–Kier alpha value is -1.74. The van der Waals surface area contributed by atoms with E-state index < -0.39 is 0 Å². The fourth-order valence-electron chi connectivity index (χ4n) is 1.99. The van der Waals surface area contributed by atoms with Gasteiger partial charge in [0.05, 0.1) is 11.6 Å². The van der Waals surface area contributed by atoms with Gasteiger partial charge in [-0.15, -0.1) is 36.2 Å². The summed E-state index contributed by atoms with van der Waals surface area (Å²) in [5.41, 5.74) is 6.71. The minimum Gasteiger partial charge on any atom is -0.344 e. The van der Waals surface area contributed by atoms with Crippen LogP contribution in [0.1, 0.15) is 21.2 Å². The van der Waals surface area contributed by atoms with Crippen LogP contribution in [0.15, 0.2) is 29.8 Å². The van der Waals surface area contributed by atoms with Crippen molar-refractivity contribution in [3.05, 3.63) is 46.2 Å². The molecule has 0 saturated carbocycles. The highest BCUT2D eigenvalue weighted by molar-refractivity contribution is 7.09. The SMILES string of the molecule is CN(CCc1ccccn1)C(=O)CNC(=O)c1csc(CCN)n1.Cl.Cl. The molecule has 2 aromatic rings. The van der Waals surface area contributed by atoms with Gasteiger partial charge in [0.2, 0.25) is 5.91 Å². The Morgan fingerprint density at radius 2 is 2.04 bits per heavy atom. The maximum atomic E-state index is 12.1. The van der Waals surface area contributed by atoms with Crippen LogP contribution in [0.3, 0.4) is 0 Å². The first-order valence-electron chi connectivity index (χ1n) is 7.66. The molecular weight excluding hydrogens is 397 g/mol. The number of nitrogens with zero attached hydrogens (tertiary/aromatic N) is 3. The standard InChI is InChI=1S/C16H21N5O2S.2ClH/c1-21(9-6-12-4-2-3-8-18-12)15(22)10-19-16(23)13-11-24-14(20-13)5-7-17;;/h2-4,8,11H,5-7,9-10,17H2,1H3,(H,19,23);2*1H. The van der Waals surface area contributed by atoms with Crippen LogP contribution >= 0.6 is 36.2 Å². The second-order valence-electron chi connectivity index (χ2n) is 5.23. The normalized spacial score (nSPS) is 9.62. The first-order valence-corrected chi connectivity index (χ1v) is 8.54. The van der Waals surface area contributed by atoms with Crippen LogP contribution in [0, 0.1) is 0 Å². The van der Waals surface area contributed by atoms with E-state index in [1.807, 2.05) is 18.2 Å². The van der Waals surface area contributed by atoms with Crippen molar-refractivity contribution >= 4 is 48.0 Å². The number of likely N-dealkylation sites (N-methyl/N-ethyl adjacent to an activating group) is 1. The van der Waals surface area contributed by atoms with Gasteiger partial charge < -0.3 is 16.0 Å². The average Bonchev–Trinajstić information content (AvgIpc) is 3.07. The van der Waals surface area contributed by atoms with Gasteiger partial charge in [0, 0.05) is 43.7 Å². The fourth-order valence-corrected chi connectivity index (χ4v) is 2.78. The number of thiazole rings is 1. The molecule has 0 aromatic carbocycles. The molecule has 10 heteroatoms. The van der Waals surface area contributed by atoms with Gasteiger partial charge in [-0.2, -0.15) is 0 Å². The lowest BCUT2D eigenvalue weighted by atomic mass is 10.2. The molecule has 0 fully saturated rings. The van der Waals surface area contributed by atoms with E-state index >= 15 is 0 Å². The third-order valence-electron chi connectivity index (χ3n) is 3.40. The van der Waals surface area contributed by atoms with Gasteiger partial charge in [-0.1, -0.05) is 6.07 Å². The summed E-state index contributed by atoms with van der Waals surface area (Å²) in [5, 5.41) is 5.10. The van der Waals surface area contributed by atoms with Gasteiger partial charge >= 0.3 is 0 Å². The highest BCUT2D eigenvalue weighted by atomic mass is 35.5. The van der Waals surface area contributed by atoms with Crippen molar-refractivity contribution in [3.63, 3.8) is 0 Å². The number of hydrogen-bond donors (Lipinski definition) is 2. The number of amides is 2. The molecule has 0 aliphatic rings. The van der Waals surface area contributed by atoms with Gasteiger partial charge in [-0.05, 0) is 18.7 Å². The Kier molecular flexibility index (Phi) is 11.7. The zero-order valence-corrected chi connectivity index (χ0v) is 16.8. The van der Waals surface area contributed by atoms with Gasteiger partial charge in [0.1, 0.15) is 5.69 Å². The number of hydrogen-bond acceptors (Lipinski definition) is 6. The number of nitrogens with two attached hydrogens (primary N) is 1. The molecule has 0 unspecified atom stereocenters. The van der Waals surface area contributed by atoms with E-state index in [2.05, 4.69) is 15.3 Å². The fraction of sp³-hybridized carbons (Fsp3) is 0.375. The largest absolute Gasteiger partial charge is 0.344 e. The van der Waals surface area contributed by atoms with Crippen molar-refractivity contribution in [2.45, 2.75) is 12.8 Å². The van der Waals surface area contributed by atoms with Crippen LogP contribution in [-0.2, 0) is 17.6 Å². The van der Waals surface area contributed by atoms with Crippen LogP contribution in [0.4, 0.5) is 0 Å². The lowest BCUT2D eigenvalue weighted by Crippen LogP contribution is -2.39. The molecule has 26 heavy (non-hydrogen) atoms. The van der Waals surface area contributed by atoms with E-state index in [0.717, 1.165) is 10.7 Å². The number of carbonyl (C=O) groups excluding carboxylic acids is 2. The maximum Gasteiger partial charge on any atom is 0.271 e. The van der Waals surface area contributed by atoms with Crippen LogP contribution in [-0.4, -0.2) is 53.4 Å². The molecule has 3 N–H and O–H groups in total. The molecule has 0 spiro atoms. The third kappa shape index (κ3) is 7.65. The number of rotatable bonds is 8. The summed E-state index contributed by atoms with van der Waals surface area (Å²) < 4.78 is 0. The molecule has 144 valence electrons. The zero-order valence-electron chi connectivity index (χ0n) is 14.4. The summed E-state index contributed by atoms with van der Waals surface area (Å²) in [4.78, 5) is 34.0. The van der Waals surface area contributed by atoms with Crippen molar-refractivity contribution in [3.8, 4) is 0 Å². The zero-order chi connectivity index (χ0) is 17.4. The molecule has 0 bridgehead atoms. The Morgan fingerprint density at radius 1 is 1.27 bits per heavy atom. The molecule has 2 rings (SSSR count). The number of aromatic nitrogens is 2. The number of halogens is 2. The summed E-state index contributed by atoms with van der Waals surface area (Å²) >= 11 is 1.39. The Bertz CT molecular complexity index is 684. The summed E-state index contributed by atoms with van der Waals surface area (Å²) in [6.45, 7) is 0.985. The van der Waals surface area contributed by atoms with E-state index in [0.29, 0.717) is 31.6 Å². The third-order valence-corrected chi connectivity index (χ3v) is 4.31. The van der Waals surface area contributed by atoms with Crippen LogP contribution in [0.25, 0.3) is 0 Å². The van der Waals surface area contributed by atoms with Crippen LogP contribution < -0.4 is 11.1 Å². The molecule has 2 amide bonds. The van der Waals surface area contributed by atoms with E-state index in [1.165, 1.54) is 11.3 Å². The maximum absolute atomic E-state index is 12.1. The molecule has 0 aliphatic carbocycles. The number of pyridine rings is 1. The second kappa shape index (κ2) is 12.6. The van der Waals surface area contributed by atoms with E-state index in [4.69, 9.17) is 5.73 Å². The molecule has 0 aliphatic heterocycles. The Morgan fingerprint density at radius 3 is 2.69 bits per heavy atom. The molecule has 0 saturated heterocycles. The van der Waals surface area contributed by atoms with Crippen molar-refractivity contribution in [1.29, 1.82) is 0 Å². The summed E-state index contributed by atoms with van der Waals surface area (Å²) in [7, 11) is 1.71. The topological polar surface area (TPSA) is 101 Å². The highest BCUT2D eigenvalue weighted by Gasteiger charge is 2.14. The van der Waals surface area contributed by atoms with E-state index in [9.17, 15) is 9.59 Å². The predicted octanol–water partition coefficient (Wildman–Crippen LogP) is 1.31. The minimum atomic E-state index is -0.346. The average molecular weight is 420 g/mol. The summed E-state index contributed by atoms with van der Waals surface area (Å²) in [6.07, 6.45) is 3.04. The first kappa shape index (κ1) is 24.3. The summed E-state index contributed by atoms with van der Waals surface area (Å²) in [6, 6.07) is 5.68. The van der Waals surface area contributed by atoms with Crippen LogP contribution in [0.2, 0.25) is 0 Å². The predicted molar refractivity (Wildman–Crippen MR) is 107 cm³/mol. The lowest BCUT2D eigenvalue weighted by molar-refractivity contribution is -0.128. The number of nitrogens with one attached hydrogen (secondary N) is 1. The Balaban J connectivity index is 0.00000312. The van der Waals surface area contributed by atoms with Crippen molar-refractivity contribution in [2.24, 2.45) is 5.73 Å². The highest BCUT2D eigenvalue weighted by Crippen LogP contribution is 2.09. The quantitative estimate of drug-likeness (QED) is 0.671. The smallest absolute Gasteiger partial charge is 0.271 e. The van der Waals surface area contributed by atoms with Gasteiger partial charge in [0.25, 0.3) is 5.91 Å². The van der Waals surface area contributed by atoms with Crippen molar-refractivity contribution in [2.75, 3.05) is 26.7 Å². The van der Waals surface area contributed by atoms with E-state index in [-0.39, 0.29) is 43.2 Å². The molecule has 2 aromatic heterocycles. The van der Waals surface area contributed by atoms with Crippen molar-refractivity contribution < 1.29 is 9.59 Å². The molecule has 7 nitrogen and oxygen atoms in total. The molecule has 0 radical (unpaired) electrons. The number of carbonyl (C=O) groups is 2. The van der Waals surface area contributed by atoms with E-state index in [1.54, 1.807) is 23.5 Å². The first-order chi connectivity index (χ1) is 11.6. The Labute approximate surface area is 169 Å². The monoisotopic (exact) mass is 419 g/mol. The molecule has 2 heterocycles. The van der Waals surface area contributed by atoms with Gasteiger partial charge in [-0.25, -0.2) is 4.98 Å². The molecule has 0 atom stereocenters.